The third-order valence-corrected chi connectivity index (χ3v) is 4.83. The molecule has 0 bridgehead atoms. The zero-order chi connectivity index (χ0) is 17.3. The van der Waals surface area contributed by atoms with Crippen LogP contribution in [0.25, 0.3) is 5.57 Å². The Morgan fingerprint density at radius 1 is 1.38 bits per heavy atom. The van der Waals surface area contributed by atoms with Crippen LogP contribution in [0.1, 0.15) is 58.4 Å². The molecule has 3 rings (SSSR count). The lowest BCUT2D eigenvalue weighted by Crippen LogP contribution is -2.35. The third kappa shape index (κ3) is 3.03. The van der Waals surface area contributed by atoms with Crippen LogP contribution < -0.4 is 10.2 Å². The van der Waals surface area contributed by atoms with E-state index in [9.17, 15) is 4.79 Å². The highest BCUT2D eigenvalue weighted by Crippen LogP contribution is 2.41. The van der Waals surface area contributed by atoms with Crippen LogP contribution >= 0.6 is 0 Å². The van der Waals surface area contributed by atoms with Crippen LogP contribution in [-0.2, 0) is 4.79 Å². The molecule has 1 amide bonds. The molecular weight excluding hydrogens is 296 g/mol. The molecule has 1 saturated carbocycles. The van der Waals surface area contributed by atoms with Crippen molar-refractivity contribution in [3.63, 3.8) is 0 Å². The Kier molecular flexibility index (Phi) is 4.61. The number of carbonyl (C=O) groups is 1. The number of nitrogens with one attached hydrogen (secondary N) is 1. The second kappa shape index (κ2) is 6.68. The van der Waals surface area contributed by atoms with Gasteiger partial charge in [0, 0.05) is 5.70 Å². The number of benzene rings is 1. The Hall–Kier alpha value is -2.29. The van der Waals surface area contributed by atoms with Crippen molar-refractivity contribution in [1.82, 2.24) is 0 Å². The quantitative estimate of drug-likeness (QED) is 0.714. The van der Waals surface area contributed by atoms with Crippen molar-refractivity contribution in [3.8, 4) is 0 Å². The van der Waals surface area contributed by atoms with Crippen LogP contribution in [0.4, 0.5) is 11.4 Å². The van der Waals surface area contributed by atoms with E-state index < -0.39 is 0 Å². The van der Waals surface area contributed by atoms with Gasteiger partial charge in [-0.15, -0.1) is 0 Å². The standard InChI is InChI=1S/C21H26N2O/c1-5-7-8-14(3)23-19(6-2)21(24)22-18-13-17(11-12-20(18)23)15(4)16-9-10-16/h6,11-13H,3,5,7-10H2,1-2,4H3,(H,22,24)/b19-6-. The highest BCUT2D eigenvalue weighted by atomic mass is 16.2. The molecule has 0 spiro atoms. The highest BCUT2D eigenvalue weighted by molar-refractivity contribution is 6.12. The number of hydrogen-bond donors (Lipinski definition) is 1. The van der Waals surface area contributed by atoms with Gasteiger partial charge in [0.05, 0.1) is 11.4 Å². The summed E-state index contributed by atoms with van der Waals surface area (Å²) in [5.41, 5.74) is 7.60. The van der Waals surface area contributed by atoms with Crippen LogP contribution in [0.15, 0.2) is 47.8 Å². The number of nitrogens with zero attached hydrogens (tertiary/aromatic N) is 1. The minimum atomic E-state index is -0.0588. The van der Waals surface area contributed by atoms with Crippen LogP contribution in [0, 0.1) is 0 Å². The van der Waals surface area contributed by atoms with E-state index in [1.807, 2.05) is 17.9 Å². The van der Waals surface area contributed by atoms with Gasteiger partial charge in [0.15, 0.2) is 0 Å². The van der Waals surface area contributed by atoms with Crippen molar-refractivity contribution in [3.05, 3.63) is 53.4 Å². The summed E-state index contributed by atoms with van der Waals surface area (Å²) in [7, 11) is 0. The minimum Gasteiger partial charge on any atom is -0.319 e. The third-order valence-electron chi connectivity index (χ3n) is 4.83. The number of allylic oxidation sites excluding steroid dienone is 4. The van der Waals surface area contributed by atoms with E-state index in [-0.39, 0.29) is 5.91 Å². The number of hydrogen-bond acceptors (Lipinski definition) is 2. The Labute approximate surface area is 144 Å². The molecule has 1 aromatic carbocycles. The average molecular weight is 322 g/mol. The van der Waals surface area contributed by atoms with Gasteiger partial charge in [-0.1, -0.05) is 37.6 Å². The lowest BCUT2D eigenvalue weighted by Gasteiger charge is -2.34. The fourth-order valence-electron chi connectivity index (χ4n) is 3.22. The first kappa shape index (κ1) is 16.6. The number of carbonyl (C=O) groups excluding carboxylic acids is 1. The summed E-state index contributed by atoms with van der Waals surface area (Å²) in [6, 6.07) is 6.36. The summed E-state index contributed by atoms with van der Waals surface area (Å²) in [5, 5.41) is 3.04. The van der Waals surface area contributed by atoms with E-state index in [4.69, 9.17) is 0 Å². The summed E-state index contributed by atoms with van der Waals surface area (Å²) in [5.74, 6) is -0.0588. The Morgan fingerprint density at radius 3 is 2.75 bits per heavy atom. The first-order valence-electron chi connectivity index (χ1n) is 8.85. The fraction of sp³-hybridized carbons (Fsp3) is 0.381. The van der Waals surface area contributed by atoms with E-state index in [0.717, 1.165) is 36.3 Å². The molecule has 1 heterocycles. The Morgan fingerprint density at radius 2 is 2.12 bits per heavy atom. The van der Waals surface area contributed by atoms with E-state index in [1.54, 1.807) is 0 Å². The molecule has 3 nitrogen and oxygen atoms in total. The van der Waals surface area contributed by atoms with Gasteiger partial charge in [0.1, 0.15) is 5.70 Å². The Balaban J connectivity index is 2.02. The molecule has 2 aliphatic rings. The molecule has 0 saturated heterocycles. The molecule has 0 atom stereocenters. The maximum absolute atomic E-state index is 12.5. The molecule has 1 aliphatic carbocycles. The van der Waals surface area contributed by atoms with Crippen molar-refractivity contribution in [2.45, 2.75) is 52.9 Å². The molecule has 126 valence electrons. The number of rotatable bonds is 5. The summed E-state index contributed by atoms with van der Waals surface area (Å²) in [6.07, 6.45) is 7.36. The summed E-state index contributed by atoms with van der Waals surface area (Å²) < 4.78 is 0. The molecular formula is C21H26N2O. The second-order valence-electron chi connectivity index (χ2n) is 6.59. The molecule has 24 heavy (non-hydrogen) atoms. The van der Waals surface area contributed by atoms with Crippen LogP contribution in [0.5, 0.6) is 0 Å². The van der Waals surface area contributed by atoms with Gasteiger partial charge in [-0.25, -0.2) is 0 Å². The van der Waals surface area contributed by atoms with Gasteiger partial charge in [-0.2, -0.15) is 0 Å². The van der Waals surface area contributed by atoms with Crippen molar-refractivity contribution >= 4 is 22.9 Å². The zero-order valence-electron chi connectivity index (χ0n) is 14.9. The number of unbranched alkanes of at least 4 members (excludes halogenated alkanes) is 1. The van der Waals surface area contributed by atoms with Gasteiger partial charge >= 0.3 is 0 Å². The van der Waals surface area contributed by atoms with Crippen LogP contribution in [0.3, 0.4) is 0 Å². The van der Waals surface area contributed by atoms with Gasteiger partial charge in [0.2, 0.25) is 0 Å². The first-order valence-corrected chi connectivity index (χ1v) is 8.85. The number of fused-ring (bicyclic) bond motifs is 1. The molecule has 0 aromatic heterocycles. The zero-order valence-corrected chi connectivity index (χ0v) is 14.9. The Bertz CT molecular complexity index is 749. The second-order valence-corrected chi connectivity index (χ2v) is 6.59. The SMILES string of the molecule is C=C(CCCC)N1/C(=C\C)C(=O)Nc2cc(C(C)=C3CC3)ccc21. The lowest BCUT2D eigenvalue weighted by molar-refractivity contribution is -0.113. The molecule has 3 heteroatoms. The number of amides is 1. The maximum atomic E-state index is 12.5. The largest absolute Gasteiger partial charge is 0.319 e. The van der Waals surface area contributed by atoms with E-state index >= 15 is 0 Å². The highest BCUT2D eigenvalue weighted by Gasteiger charge is 2.29. The topological polar surface area (TPSA) is 32.3 Å². The normalized spacial score (nSPS) is 17.6. The predicted molar refractivity (Wildman–Crippen MR) is 102 cm³/mol. The molecule has 1 fully saturated rings. The molecule has 1 N–H and O–H groups in total. The monoisotopic (exact) mass is 322 g/mol. The molecule has 1 aromatic rings. The first-order chi connectivity index (χ1) is 11.6. The van der Waals surface area contributed by atoms with Crippen LogP contribution in [0.2, 0.25) is 0 Å². The van der Waals surface area contributed by atoms with Crippen molar-refractivity contribution in [2.24, 2.45) is 0 Å². The van der Waals surface area contributed by atoms with Crippen molar-refractivity contribution in [2.75, 3.05) is 10.2 Å². The van der Waals surface area contributed by atoms with Crippen molar-refractivity contribution in [1.29, 1.82) is 0 Å². The van der Waals surface area contributed by atoms with Gasteiger partial charge in [-0.05, 0) is 62.8 Å². The summed E-state index contributed by atoms with van der Waals surface area (Å²) in [4.78, 5) is 14.6. The van der Waals surface area contributed by atoms with Gasteiger partial charge in [-0.3, -0.25) is 4.79 Å². The number of anilines is 2. The molecule has 1 aliphatic heterocycles. The van der Waals surface area contributed by atoms with E-state index in [1.165, 1.54) is 29.6 Å². The predicted octanol–water partition coefficient (Wildman–Crippen LogP) is 5.62. The van der Waals surface area contributed by atoms with Crippen molar-refractivity contribution < 1.29 is 4.79 Å². The van der Waals surface area contributed by atoms with Gasteiger partial charge in [0.25, 0.3) is 5.91 Å². The van der Waals surface area contributed by atoms with Crippen LogP contribution in [-0.4, -0.2) is 5.91 Å². The summed E-state index contributed by atoms with van der Waals surface area (Å²) in [6.45, 7) is 10.5. The smallest absolute Gasteiger partial charge is 0.272 e. The summed E-state index contributed by atoms with van der Waals surface area (Å²) >= 11 is 0. The van der Waals surface area contributed by atoms with E-state index in [0.29, 0.717) is 5.70 Å². The minimum absolute atomic E-state index is 0.0588. The average Bonchev–Trinajstić information content (AvgIpc) is 3.42. The lowest BCUT2D eigenvalue weighted by atomic mass is 10.0. The van der Waals surface area contributed by atoms with Gasteiger partial charge < -0.3 is 10.2 Å². The van der Waals surface area contributed by atoms with E-state index in [2.05, 4.69) is 43.9 Å². The molecule has 0 unspecified atom stereocenters. The maximum Gasteiger partial charge on any atom is 0.272 e. The molecule has 0 radical (unpaired) electrons. The fourth-order valence-corrected chi connectivity index (χ4v) is 3.22.